The summed E-state index contributed by atoms with van der Waals surface area (Å²) in [5, 5.41) is 8.59. The molecule has 0 saturated carbocycles. The van der Waals surface area contributed by atoms with Crippen LogP contribution in [0.15, 0.2) is 12.1 Å². The summed E-state index contributed by atoms with van der Waals surface area (Å²) in [6.45, 7) is 2.18. The number of thiophene rings is 1. The van der Waals surface area contributed by atoms with Gasteiger partial charge >= 0.3 is 0 Å². The second kappa shape index (κ2) is 8.69. The number of rotatable bonds is 6. The van der Waals surface area contributed by atoms with Crippen molar-refractivity contribution in [1.82, 2.24) is 0 Å². The van der Waals surface area contributed by atoms with Gasteiger partial charge in [-0.25, -0.2) is 0 Å². The maximum Gasteiger partial charge on any atom is 0.104 e. The number of aliphatic hydroxyl groups excluding tert-OH is 1. The zero-order chi connectivity index (χ0) is 11.6. The standard InChI is InChI=1S/C13H18OS2/c1-2-3-4-10-15-11-13-8-7-12(16-13)6-5-9-14/h7-8,14H,2-4,9-11H2,1H3. The van der Waals surface area contributed by atoms with Crippen molar-refractivity contribution in [3.8, 4) is 11.8 Å². The van der Waals surface area contributed by atoms with Gasteiger partial charge in [-0.3, -0.25) is 0 Å². The average molecular weight is 254 g/mol. The van der Waals surface area contributed by atoms with Gasteiger partial charge in [0, 0.05) is 10.6 Å². The van der Waals surface area contributed by atoms with Crippen LogP contribution in [0, 0.1) is 11.8 Å². The smallest absolute Gasteiger partial charge is 0.104 e. The highest BCUT2D eigenvalue weighted by atomic mass is 32.2. The molecule has 0 spiro atoms. The van der Waals surface area contributed by atoms with E-state index in [1.807, 2.05) is 17.8 Å². The van der Waals surface area contributed by atoms with Gasteiger partial charge in [-0.1, -0.05) is 31.6 Å². The Kier molecular flexibility index (Phi) is 7.41. The van der Waals surface area contributed by atoms with E-state index in [9.17, 15) is 0 Å². The number of thioether (sulfide) groups is 1. The Bertz CT molecular complexity index is 346. The summed E-state index contributed by atoms with van der Waals surface area (Å²) < 4.78 is 0. The Balaban J connectivity index is 2.24. The fraction of sp³-hybridized carbons (Fsp3) is 0.538. The molecule has 1 N–H and O–H groups in total. The summed E-state index contributed by atoms with van der Waals surface area (Å²) in [4.78, 5) is 2.43. The van der Waals surface area contributed by atoms with Gasteiger partial charge in [-0.15, -0.1) is 11.3 Å². The molecule has 1 aromatic rings. The highest BCUT2D eigenvalue weighted by molar-refractivity contribution is 7.98. The third kappa shape index (κ3) is 5.60. The fourth-order valence-corrected chi connectivity index (χ4v) is 3.29. The SMILES string of the molecule is CCCCCSCc1ccc(C#CCO)s1. The van der Waals surface area contributed by atoms with E-state index < -0.39 is 0 Å². The van der Waals surface area contributed by atoms with Crippen LogP contribution in [0.1, 0.15) is 35.9 Å². The largest absolute Gasteiger partial charge is 0.384 e. The molecule has 0 atom stereocenters. The molecule has 0 aliphatic heterocycles. The Morgan fingerprint density at radius 3 is 3.00 bits per heavy atom. The van der Waals surface area contributed by atoms with E-state index in [0.29, 0.717) is 0 Å². The van der Waals surface area contributed by atoms with Crippen molar-refractivity contribution >= 4 is 23.1 Å². The van der Waals surface area contributed by atoms with Gasteiger partial charge < -0.3 is 5.11 Å². The molecule has 3 heteroatoms. The van der Waals surface area contributed by atoms with Gasteiger partial charge in [-0.05, 0) is 24.3 Å². The predicted octanol–water partition coefficient (Wildman–Crippen LogP) is 3.52. The molecule has 1 aromatic heterocycles. The van der Waals surface area contributed by atoms with E-state index in [4.69, 9.17) is 5.11 Å². The lowest BCUT2D eigenvalue weighted by Crippen LogP contribution is -1.80. The number of hydrogen-bond acceptors (Lipinski definition) is 3. The van der Waals surface area contributed by atoms with Gasteiger partial charge in [-0.2, -0.15) is 11.8 Å². The molecule has 1 heterocycles. The quantitative estimate of drug-likeness (QED) is 0.619. The normalized spacial score (nSPS) is 9.88. The molecule has 1 rings (SSSR count). The van der Waals surface area contributed by atoms with E-state index >= 15 is 0 Å². The first-order valence-corrected chi connectivity index (χ1v) is 7.60. The average Bonchev–Trinajstić information content (AvgIpc) is 2.74. The van der Waals surface area contributed by atoms with Crippen molar-refractivity contribution in [2.45, 2.75) is 31.9 Å². The Hall–Kier alpha value is -0.430. The van der Waals surface area contributed by atoms with Gasteiger partial charge in [0.1, 0.15) is 6.61 Å². The zero-order valence-electron chi connectivity index (χ0n) is 9.66. The molecule has 0 aliphatic carbocycles. The Morgan fingerprint density at radius 1 is 1.38 bits per heavy atom. The first kappa shape index (κ1) is 13.6. The van der Waals surface area contributed by atoms with E-state index in [0.717, 1.165) is 10.6 Å². The van der Waals surface area contributed by atoms with Crippen molar-refractivity contribution in [3.05, 3.63) is 21.9 Å². The van der Waals surface area contributed by atoms with Crippen LogP contribution in [0.5, 0.6) is 0 Å². The molecule has 88 valence electrons. The van der Waals surface area contributed by atoms with E-state index in [1.54, 1.807) is 11.3 Å². The van der Waals surface area contributed by atoms with Crippen molar-refractivity contribution in [2.24, 2.45) is 0 Å². The summed E-state index contributed by atoms with van der Waals surface area (Å²) in [5.74, 6) is 7.95. The van der Waals surface area contributed by atoms with Crippen molar-refractivity contribution < 1.29 is 5.11 Å². The summed E-state index contributed by atoms with van der Waals surface area (Å²) in [6.07, 6.45) is 3.95. The van der Waals surface area contributed by atoms with Crippen molar-refractivity contribution in [2.75, 3.05) is 12.4 Å². The zero-order valence-corrected chi connectivity index (χ0v) is 11.3. The summed E-state index contributed by atoms with van der Waals surface area (Å²) in [5.41, 5.74) is 0. The minimum Gasteiger partial charge on any atom is -0.384 e. The van der Waals surface area contributed by atoms with Crippen LogP contribution >= 0.6 is 23.1 Å². The number of hydrogen-bond donors (Lipinski definition) is 1. The molecule has 16 heavy (non-hydrogen) atoms. The van der Waals surface area contributed by atoms with Gasteiger partial charge in [0.15, 0.2) is 0 Å². The van der Waals surface area contributed by atoms with Crippen LogP contribution in [0.25, 0.3) is 0 Å². The molecule has 0 aromatic carbocycles. The van der Waals surface area contributed by atoms with E-state index in [1.165, 1.54) is 29.9 Å². The molecular formula is C13H18OS2. The van der Waals surface area contributed by atoms with Crippen LogP contribution in [-0.2, 0) is 5.75 Å². The van der Waals surface area contributed by atoms with Gasteiger partial charge in [0.25, 0.3) is 0 Å². The highest BCUT2D eigenvalue weighted by Gasteiger charge is 1.98. The number of unbranched alkanes of at least 4 members (excludes halogenated alkanes) is 2. The molecule has 1 nitrogen and oxygen atoms in total. The summed E-state index contributed by atoms with van der Waals surface area (Å²) in [6, 6.07) is 4.17. The van der Waals surface area contributed by atoms with Crippen LogP contribution in [0.3, 0.4) is 0 Å². The molecule has 0 saturated heterocycles. The fourth-order valence-electron chi connectivity index (χ4n) is 1.28. The molecule has 0 bridgehead atoms. The first-order chi connectivity index (χ1) is 7.86. The monoisotopic (exact) mass is 254 g/mol. The molecule has 0 amide bonds. The molecule has 0 radical (unpaired) electrons. The minimum atomic E-state index is -0.0565. The van der Waals surface area contributed by atoms with Gasteiger partial charge in [0.05, 0.1) is 4.88 Å². The minimum absolute atomic E-state index is 0.0565. The maximum atomic E-state index is 8.59. The first-order valence-electron chi connectivity index (χ1n) is 5.63. The van der Waals surface area contributed by atoms with E-state index in [-0.39, 0.29) is 6.61 Å². The topological polar surface area (TPSA) is 20.2 Å². The Morgan fingerprint density at radius 2 is 2.25 bits per heavy atom. The lowest BCUT2D eigenvalue weighted by Gasteiger charge is -1.97. The number of aliphatic hydroxyl groups is 1. The Labute approximate surface area is 106 Å². The summed E-state index contributed by atoms with van der Waals surface area (Å²) in [7, 11) is 0. The van der Waals surface area contributed by atoms with Crippen LogP contribution < -0.4 is 0 Å². The molecule has 0 unspecified atom stereocenters. The molecular weight excluding hydrogens is 236 g/mol. The highest BCUT2D eigenvalue weighted by Crippen LogP contribution is 2.21. The van der Waals surface area contributed by atoms with Crippen molar-refractivity contribution in [1.29, 1.82) is 0 Å². The van der Waals surface area contributed by atoms with Crippen molar-refractivity contribution in [3.63, 3.8) is 0 Å². The second-order valence-electron chi connectivity index (χ2n) is 3.49. The van der Waals surface area contributed by atoms with Crippen LogP contribution in [0.2, 0.25) is 0 Å². The molecule has 0 aliphatic rings. The van der Waals surface area contributed by atoms with E-state index in [2.05, 4.69) is 24.8 Å². The lowest BCUT2D eigenvalue weighted by molar-refractivity contribution is 0.350. The third-order valence-electron chi connectivity index (χ3n) is 2.09. The molecule has 0 fully saturated rings. The van der Waals surface area contributed by atoms with Crippen LogP contribution in [-0.4, -0.2) is 17.5 Å². The maximum absolute atomic E-state index is 8.59. The lowest BCUT2D eigenvalue weighted by atomic mass is 10.3. The van der Waals surface area contributed by atoms with Crippen LogP contribution in [0.4, 0.5) is 0 Å². The summed E-state index contributed by atoms with van der Waals surface area (Å²) >= 11 is 3.73. The van der Waals surface area contributed by atoms with Gasteiger partial charge in [0.2, 0.25) is 0 Å². The third-order valence-corrected chi connectivity index (χ3v) is 4.36. The second-order valence-corrected chi connectivity index (χ2v) is 5.76. The predicted molar refractivity (Wildman–Crippen MR) is 74.0 cm³/mol.